The van der Waals surface area contributed by atoms with E-state index in [2.05, 4.69) is 4.72 Å². The maximum Gasteiger partial charge on any atom is 0.328 e. The maximum absolute atomic E-state index is 11.8. The van der Waals surface area contributed by atoms with Gasteiger partial charge in [0.2, 0.25) is 10.0 Å². The van der Waals surface area contributed by atoms with Gasteiger partial charge >= 0.3 is 5.97 Å². The average molecular weight is 317 g/mol. The fourth-order valence-electron chi connectivity index (χ4n) is 1.55. The molecule has 0 aliphatic heterocycles. The summed E-state index contributed by atoms with van der Waals surface area (Å²) in [6.07, 6.45) is 2.53. The van der Waals surface area contributed by atoms with Crippen molar-refractivity contribution in [3.63, 3.8) is 0 Å². The fraction of sp³-hybridized carbons (Fsp3) is 0.462. The highest BCUT2D eigenvalue weighted by atomic mass is 32.2. The van der Waals surface area contributed by atoms with Gasteiger partial charge in [0.15, 0.2) is 0 Å². The van der Waals surface area contributed by atoms with Crippen LogP contribution in [0.2, 0.25) is 0 Å². The molecule has 1 aromatic heterocycles. The van der Waals surface area contributed by atoms with Crippen LogP contribution in [0.1, 0.15) is 31.2 Å². The van der Waals surface area contributed by atoms with Crippen LogP contribution in [-0.2, 0) is 21.4 Å². The Morgan fingerprint density at radius 2 is 2.10 bits per heavy atom. The maximum atomic E-state index is 11.8. The van der Waals surface area contributed by atoms with E-state index in [1.165, 1.54) is 17.4 Å². The molecule has 0 unspecified atom stereocenters. The largest absolute Gasteiger partial charge is 0.478 e. The van der Waals surface area contributed by atoms with Gasteiger partial charge in [0.25, 0.3) is 0 Å². The van der Waals surface area contributed by atoms with Crippen LogP contribution in [0.15, 0.2) is 17.5 Å². The summed E-state index contributed by atoms with van der Waals surface area (Å²) in [6.45, 7) is 5.83. The van der Waals surface area contributed by atoms with Gasteiger partial charge in [-0.05, 0) is 28.5 Å². The lowest BCUT2D eigenvalue weighted by Crippen LogP contribution is -2.31. The second-order valence-electron chi connectivity index (χ2n) is 5.66. The molecule has 1 heterocycles. The molecule has 0 spiro atoms. The van der Waals surface area contributed by atoms with Crippen molar-refractivity contribution in [3.05, 3.63) is 28.0 Å². The summed E-state index contributed by atoms with van der Waals surface area (Å²) in [7, 11) is -3.31. The minimum absolute atomic E-state index is 0.0666. The molecule has 0 atom stereocenters. The normalized spacial score (nSPS) is 12.9. The smallest absolute Gasteiger partial charge is 0.328 e. The van der Waals surface area contributed by atoms with Crippen LogP contribution in [0.5, 0.6) is 0 Å². The highest BCUT2D eigenvalue weighted by Crippen LogP contribution is 2.18. The third-order valence-corrected chi connectivity index (χ3v) is 4.97. The van der Waals surface area contributed by atoms with E-state index in [0.717, 1.165) is 16.5 Å². The zero-order valence-corrected chi connectivity index (χ0v) is 13.3. The first-order chi connectivity index (χ1) is 9.07. The van der Waals surface area contributed by atoms with E-state index in [1.54, 1.807) is 11.4 Å². The van der Waals surface area contributed by atoms with Gasteiger partial charge in [0, 0.05) is 17.5 Å². The van der Waals surface area contributed by atoms with Crippen molar-refractivity contribution in [2.45, 2.75) is 27.3 Å². The van der Waals surface area contributed by atoms with Crippen LogP contribution >= 0.6 is 11.3 Å². The molecule has 0 aliphatic rings. The molecule has 0 aliphatic carbocycles. The van der Waals surface area contributed by atoms with Crippen molar-refractivity contribution in [1.29, 1.82) is 0 Å². The lowest BCUT2D eigenvalue weighted by Gasteiger charge is -2.18. The summed E-state index contributed by atoms with van der Waals surface area (Å²) in [4.78, 5) is 11.2. The third kappa shape index (κ3) is 6.83. The van der Waals surface area contributed by atoms with Gasteiger partial charge in [-0.25, -0.2) is 17.9 Å². The molecule has 0 fully saturated rings. The van der Waals surface area contributed by atoms with Crippen LogP contribution < -0.4 is 4.72 Å². The second-order valence-corrected chi connectivity index (χ2v) is 8.46. The Labute approximate surface area is 123 Å². The Kier molecular flexibility index (Phi) is 5.50. The zero-order valence-electron chi connectivity index (χ0n) is 11.7. The minimum Gasteiger partial charge on any atom is -0.478 e. The molecule has 2 N–H and O–H groups in total. The van der Waals surface area contributed by atoms with Crippen LogP contribution in [0.4, 0.5) is 0 Å². The van der Waals surface area contributed by atoms with E-state index < -0.39 is 16.0 Å². The molecule has 1 rings (SSSR count). The van der Waals surface area contributed by atoms with Gasteiger partial charge in [-0.1, -0.05) is 20.8 Å². The van der Waals surface area contributed by atoms with E-state index >= 15 is 0 Å². The van der Waals surface area contributed by atoms with Crippen molar-refractivity contribution in [1.82, 2.24) is 4.72 Å². The van der Waals surface area contributed by atoms with Crippen LogP contribution in [0.3, 0.4) is 0 Å². The third-order valence-electron chi connectivity index (χ3n) is 2.18. The molecule has 5 nitrogen and oxygen atoms in total. The summed E-state index contributed by atoms with van der Waals surface area (Å²) in [6, 6.07) is 1.77. The minimum atomic E-state index is -3.31. The first-order valence-electron chi connectivity index (χ1n) is 6.03. The van der Waals surface area contributed by atoms with Crippen molar-refractivity contribution >= 4 is 33.4 Å². The zero-order chi connectivity index (χ0) is 15.4. The number of thiophene rings is 1. The summed E-state index contributed by atoms with van der Waals surface area (Å²) >= 11 is 1.39. The second kappa shape index (κ2) is 6.51. The molecular formula is C13H19NO4S2. The number of carboxylic acids is 1. The molecule has 1 aromatic rings. The Bertz CT molecular complexity index is 594. The van der Waals surface area contributed by atoms with Gasteiger partial charge < -0.3 is 5.11 Å². The highest BCUT2D eigenvalue weighted by molar-refractivity contribution is 7.89. The number of rotatable bonds is 6. The topological polar surface area (TPSA) is 83.5 Å². The van der Waals surface area contributed by atoms with Gasteiger partial charge in [-0.2, -0.15) is 0 Å². The van der Waals surface area contributed by atoms with Crippen molar-refractivity contribution in [2.24, 2.45) is 5.41 Å². The van der Waals surface area contributed by atoms with E-state index in [0.29, 0.717) is 0 Å². The van der Waals surface area contributed by atoms with Gasteiger partial charge in [-0.15, -0.1) is 11.3 Å². The van der Waals surface area contributed by atoms with Gasteiger partial charge in [-0.3, -0.25) is 0 Å². The van der Waals surface area contributed by atoms with E-state index in [1.807, 2.05) is 20.8 Å². The summed E-state index contributed by atoms with van der Waals surface area (Å²) in [5, 5.41) is 10.3. The number of nitrogens with one attached hydrogen (secondary N) is 1. The molecule has 0 radical (unpaired) electrons. The number of hydrogen-bond donors (Lipinski definition) is 2. The van der Waals surface area contributed by atoms with Crippen molar-refractivity contribution < 1.29 is 18.3 Å². The number of carbonyl (C=O) groups is 1. The number of hydrogen-bond acceptors (Lipinski definition) is 4. The Balaban J connectivity index is 2.61. The standard InChI is InChI=1S/C13H19NO4S2/c1-13(2,3)9-20(17,18)14-7-11-6-10(8-19-11)4-5-12(15)16/h4-6,8,14H,7,9H2,1-3H3,(H,15,16). The Hall–Kier alpha value is -1.18. The molecule has 0 saturated carbocycles. The molecule has 0 bridgehead atoms. The summed E-state index contributed by atoms with van der Waals surface area (Å²) < 4.78 is 26.2. The molecule has 0 amide bonds. The Morgan fingerprint density at radius 1 is 1.45 bits per heavy atom. The van der Waals surface area contributed by atoms with Crippen LogP contribution in [0.25, 0.3) is 6.08 Å². The lowest BCUT2D eigenvalue weighted by atomic mass is 10.0. The van der Waals surface area contributed by atoms with Crippen molar-refractivity contribution in [3.8, 4) is 0 Å². The SMILES string of the molecule is CC(C)(C)CS(=O)(=O)NCc1cc(C=CC(=O)O)cs1. The molecule has 7 heteroatoms. The summed E-state index contributed by atoms with van der Waals surface area (Å²) in [5.41, 5.74) is 0.457. The molecular weight excluding hydrogens is 298 g/mol. The van der Waals surface area contributed by atoms with Gasteiger partial charge in [0.05, 0.1) is 5.75 Å². The number of aliphatic carboxylic acids is 1. The lowest BCUT2D eigenvalue weighted by molar-refractivity contribution is -0.131. The first kappa shape index (κ1) is 16.9. The predicted molar refractivity (Wildman–Crippen MR) is 81.1 cm³/mol. The molecule has 0 saturated heterocycles. The molecule has 0 aromatic carbocycles. The van der Waals surface area contributed by atoms with Crippen LogP contribution in [0, 0.1) is 5.41 Å². The number of carboxylic acid groups (broad SMARTS) is 1. The molecule has 112 valence electrons. The van der Waals surface area contributed by atoms with Gasteiger partial charge in [0.1, 0.15) is 0 Å². The highest BCUT2D eigenvalue weighted by Gasteiger charge is 2.21. The monoisotopic (exact) mass is 317 g/mol. The summed E-state index contributed by atoms with van der Waals surface area (Å²) in [5.74, 6) is -0.944. The quantitative estimate of drug-likeness (QED) is 0.789. The predicted octanol–water partition coefficient (Wildman–Crippen LogP) is 2.31. The molecule has 20 heavy (non-hydrogen) atoms. The fourth-order valence-corrected chi connectivity index (χ4v) is 4.05. The van der Waals surface area contributed by atoms with E-state index in [4.69, 9.17) is 5.11 Å². The van der Waals surface area contributed by atoms with Crippen molar-refractivity contribution in [2.75, 3.05) is 5.75 Å². The van der Waals surface area contributed by atoms with E-state index in [-0.39, 0.29) is 17.7 Å². The van der Waals surface area contributed by atoms with E-state index in [9.17, 15) is 13.2 Å². The number of sulfonamides is 1. The van der Waals surface area contributed by atoms with Crippen LogP contribution in [-0.4, -0.2) is 25.2 Å². The first-order valence-corrected chi connectivity index (χ1v) is 8.56. The average Bonchev–Trinajstić information content (AvgIpc) is 2.68. The Morgan fingerprint density at radius 3 is 2.65 bits per heavy atom.